The average molecular weight is 379 g/mol. The van der Waals surface area contributed by atoms with Gasteiger partial charge in [0.2, 0.25) is 0 Å². The van der Waals surface area contributed by atoms with E-state index in [1.54, 1.807) is 10.7 Å². The maximum absolute atomic E-state index is 12.2. The van der Waals surface area contributed by atoms with Crippen LogP contribution in [0.15, 0.2) is 46.9 Å². The molecule has 2 heterocycles. The van der Waals surface area contributed by atoms with Crippen molar-refractivity contribution in [2.75, 3.05) is 5.32 Å². The van der Waals surface area contributed by atoms with E-state index in [1.165, 1.54) is 18.2 Å². The van der Waals surface area contributed by atoms with Crippen LogP contribution >= 0.6 is 0 Å². The lowest BCUT2D eigenvalue weighted by atomic mass is 10.3. The van der Waals surface area contributed by atoms with Crippen molar-refractivity contribution in [1.29, 1.82) is 0 Å². The third-order valence-corrected chi connectivity index (χ3v) is 3.64. The first kappa shape index (κ1) is 18.6. The van der Waals surface area contributed by atoms with E-state index in [4.69, 9.17) is 4.42 Å². The van der Waals surface area contributed by atoms with Gasteiger partial charge in [-0.05, 0) is 56.3 Å². The number of carbonyl (C=O) groups excluding carboxylic acids is 1. The number of carbonyl (C=O) groups is 1. The fourth-order valence-electron chi connectivity index (χ4n) is 2.50. The third kappa shape index (κ3) is 4.90. The molecule has 0 fully saturated rings. The summed E-state index contributed by atoms with van der Waals surface area (Å²) in [5.41, 5.74) is 2.16. The molecule has 0 radical (unpaired) electrons. The van der Waals surface area contributed by atoms with Crippen LogP contribution in [-0.2, 0) is 6.54 Å². The van der Waals surface area contributed by atoms with Gasteiger partial charge in [-0.25, -0.2) is 0 Å². The van der Waals surface area contributed by atoms with Crippen molar-refractivity contribution >= 4 is 11.6 Å². The summed E-state index contributed by atoms with van der Waals surface area (Å²) in [6, 6.07) is 9.96. The van der Waals surface area contributed by atoms with Crippen LogP contribution in [0.25, 0.3) is 0 Å². The molecule has 0 unspecified atom stereocenters. The number of ether oxygens (including phenoxy) is 1. The van der Waals surface area contributed by atoms with Gasteiger partial charge in [-0.2, -0.15) is 5.10 Å². The predicted octanol–water partition coefficient (Wildman–Crippen LogP) is 4.29. The Morgan fingerprint density at radius 1 is 1.19 bits per heavy atom. The maximum atomic E-state index is 12.2. The third-order valence-electron chi connectivity index (χ3n) is 3.64. The van der Waals surface area contributed by atoms with Gasteiger partial charge in [0.1, 0.15) is 11.5 Å². The number of aromatic nitrogens is 2. The van der Waals surface area contributed by atoms with Crippen molar-refractivity contribution in [2.24, 2.45) is 0 Å². The highest BCUT2D eigenvalue weighted by Gasteiger charge is 2.31. The normalized spacial score (nSPS) is 11.4. The highest BCUT2D eigenvalue weighted by atomic mass is 19.4. The van der Waals surface area contributed by atoms with Crippen molar-refractivity contribution in [3.8, 4) is 5.75 Å². The Morgan fingerprint density at radius 2 is 1.89 bits per heavy atom. The number of halogens is 3. The second-order valence-corrected chi connectivity index (χ2v) is 5.88. The first-order chi connectivity index (χ1) is 12.7. The van der Waals surface area contributed by atoms with Crippen LogP contribution in [-0.4, -0.2) is 22.1 Å². The number of hydrogen-bond acceptors (Lipinski definition) is 4. The highest BCUT2D eigenvalue weighted by Crippen LogP contribution is 2.24. The monoisotopic (exact) mass is 379 g/mol. The lowest BCUT2D eigenvalue weighted by molar-refractivity contribution is -0.274. The van der Waals surface area contributed by atoms with Gasteiger partial charge in [0.25, 0.3) is 5.91 Å². The molecular formula is C18H16F3N3O3. The number of nitrogens with zero attached hydrogens (tertiary/aromatic N) is 2. The second-order valence-electron chi connectivity index (χ2n) is 5.88. The van der Waals surface area contributed by atoms with Crippen molar-refractivity contribution in [3.63, 3.8) is 0 Å². The van der Waals surface area contributed by atoms with Crippen molar-refractivity contribution in [1.82, 2.24) is 9.78 Å². The molecule has 9 heteroatoms. The lowest BCUT2D eigenvalue weighted by Gasteiger charge is -2.09. The maximum Gasteiger partial charge on any atom is 0.573 e. The fraction of sp³-hybridized carbons (Fsp3) is 0.222. The van der Waals surface area contributed by atoms with Crippen LogP contribution in [0.3, 0.4) is 0 Å². The van der Waals surface area contributed by atoms with Gasteiger partial charge in [0.05, 0.1) is 12.2 Å². The molecule has 0 spiro atoms. The number of anilines is 1. The zero-order chi connectivity index (χ0) is 19.6. The molecule has 27 heavy (non-hydrogen) atoms. The number of aryl methyl sites for hydroxylation is 2. The molecule has 1 amide bonds. The largest absolute Gasteiger partial charge is 0.573 e. The molecule has 0 aliphatic carbocycles. The molecule has 6 nitrogen and oxygen atoms in total. The van der Waals surface area contributed by atoms with Crippen molar-refractivity contribution < 1.29 is 27.1 Å². The first-order valence-corrected chi connectivity index (χ1v) is 7.96. The molecule has 3 rings (SSSR count). The second kappa shape index (κ2) is 7.18. The fourth-order valence-corrected chi connectivity index (χ4v) is 2.50. The minimum atomic E-state index is -4.76. The topological polar surface area (TPSA) is 69.3 Å². The van der Waals surface area contributed by atoms with Crippen LogP contribution in [0.2, 0.25) is 0 Å². The molecule has 0 bridgehead atoms. The van der Waals surface area contributed by atoms with Gasteiger partial charge >= 0.3 is 6.36 Å². The molecule has 0 aliphatic heterocycles. The average Bonchev–Trinajstić information content (AvgIpc) is 3.15. The Balaban J connectivity index is 1.63. The van der Waals surface area contributed by atoms with E-state index in [9.17, 15) is 18.0 Å². The number of nitrogens with one attached hydrogen (secondary N) is 1. The first-order valence-electron chi connectivity index (χ1n) is 7.96. The molecule has 142 valence electrons. The Labute approximate surface area is 152 Å². The predicted molar refractivity (Wildman–Crippen MR) is 90.6 cm³/mol. The van der Waals surface area contributed by atoms with Crippen molar-refractivity contribution in [3.05, 3.63) is 65.4 Å². The number of amides is 1. The Kier molecular flexibility index (Phi) is 4.93. The number of furan rings is 1. The summed E-state index contributed by atoms with van der Waals surface area (Å²) >= 11 is 0. The summed E-state index contributed by atoms with van der Waals surface area (Å²) in [7, 11) is 0. The summed E-state index contributed by atoms with van der Waals surface area (Å²) in [5.74, 6) is -0.243. The summed E-state index contributed by atoms with van der Waals surface area (Å²) in [5, 5.41) is 6.87. The van der Waals surface area contributed by atoms with Crippen LogP contribution < -0.4 is 10.1 Å². The molecule has 2 aromatic heterocycles. The number of rotatable bonds is 5. The van der Waals surface area contributed by atoms with E-state index in [2.05, 4.69) is 15.2 Å². The van der Waals surface area contributed by atoms with E-state index < -0.39 is 12.3 Å². The van der Waals surface area contributed by atoms with Crippen LogP contribution in [0.4, 0.5) is 18.9 Å². The SMILES string of the molecule is Cc1cc(C)n(Cc2ccc(C(=O)Nc3ccc(OC(F)(F)F)cc3)o2)n1. The van der Waals surface area contributed by atoms with Gasteiger partial charge in [-0.15, -0.1) is 13.2 Å². The van der Waals surface area contributed by atoms with Crippen LogP contribution in [0.5, 0.6) is 5.75 Å². The number of benzene rings is 1. The van der Waals surface area contributed by atoms with E-state index >= 15 is 0 Å². The molecule has 0 aliphatic rings. The minimum Gasteiger partial charge on any atom is -0.454 e. The molecular weight excluding hydrogens is 363 g/mol. The zero-order valence-electron chi connectivity index (χ0n) is 14.5. The number of alkyl halides is 3. The van der Waals surface area contributed by atoms with Gasteiger partial charge < -0.3 is 14.5 Å². The zero-order valence-corrected chi connectivity index (χ0v) is 14.5. The summed E-state index contributed by atoms with van der Waals surface area (Å²) in [6.07, 6.45) is -4.76. The van der Waals surface area contributed by atoms with Crippen LogP contribution in [0, 0.1) is 13.8 Å². The van der Waals surface area contributed by atoms with Gasteiger partial charge in [-0.3, -0.25) is 9.48 Å². The summed E-state index contributed by atoms with van der Waals surface area (Å²) in [6.45, 7) is 4.19. The van der Waals surface area contributed by atoms with E-state index in [1.807, 2.05) is 19.9 Å². The minimum absolute atomic E-state index is 0.0853. The van der Waals surface area contributed by atoms with E-state index in [0.717, 1.165) is 23.5 Å². The van der Waals surface area contributed by atoms with Crippen molar-refractivity contribution in [2.45, 2.75) is 26.8 Å². The lowest BCUT2D eigenvalue weighted by Crippen LogP contribution is -2.17. The molecule has 1 N–H and O–H groups in total. The molecule has 0 saturated heterocycles. The summed E-state index contributed by atoms with van der Waals surface area (Å²) < 4.78 is 47.5. The highest BCUT2D eigenvalue weighted by molar-refractivity contribution is 6.02. The smallest absolute Gasteiger partial charge is 0.454 e. The van der Waals surface area contributed by atoms with E-state index in [-0.39, 0.29) is 11.5 Å². The molecule has 3 aromatic rings. The van der Waals surface area contributed by atoms with E-state index in [0.29, 0.717) is 18.0 Å². The Bertz CT molecular complexity index is 943. The molecule has 1 aromatic carbocycles. The van der Waals surface area contributed by atoms with Crippen LogP contribution in [0.1, 0.15) is 27.7 Å². The summed E-state index contributed by atoms with van der Waals surface area (Å²) in [4.78, 5) is 12.2. The number of hydrogen-bond donors (Lipinski definition) is 1. The standard InChI is InChI=1S/C18H16F3N3O3/c1-11-9-12(2)24(23-11)10-15-7-8-16(26-15)17(25)22-13-3-5-14(6-4-13)27-18(19,20)21/h3-9H,10H2,1-2H3,(H,22,25). The quantitative estimate of drug-likeness (QED) is 0.718. The molecule has 0 atom stereocenters. The Morgan fingerprint density at radius 3 is 2.48 bits per heavy atom. The Hall–Kier alpha value is -3.23. The van der Waals surface area contributed by atoms with Gasteiger partial charge in [0.15, 0.2) is 5.76 Å². The molecule has 0 saturated carbocycles. The van der Waals surface area contributed by atoms with Gasteiger partial charge in [0, 0.05) is 11.4 Å². The van der Waals surface area contributed by atoms with Gasteiger partial charge in [-0.1, -0.05) is 0 Å².